The van der Waals surface area contributed by atoms with Crippen molar-refractivity contribution in [1.82, 2.24) is 20.4 Å². The van der Waals surface area contributed by atoms with E-state index in [0.717, 1.165) is 28.0 Å². The molecule has 3 aromatic rings. The fourth-order valence-corrected chi connectivity index (χ4v) is 2.02. The molecule has 4 N–H and O–H groups in total. The van der Waals surface area contributed by atoms with Crippen LogP contribution in [0.25, 0.3) is 22.3 Å². The highest BCUT2D eigenvalue weighted by atomic mass is 16.5. The smallest absolute Gasteiger partial charge is 0.143 e. The van der Waals surface area contributed by atoms with Crippen LogP contribution in [-0.4, -0.2) is 27.5 Å². The number of hydrogen-bond acceptors (Lipinski definition) is 4. The Morgan fingerprint density at radius 3 is 2.72 bits per heavy atom. The Bertz CT molecular complexity index is 712. The van der Waals surface area contributed by atoms with Crippen LogP contribution >= 0.6 is 0 Å². The van der Waals surface area contributed by atoms with Gasteiger partial charge in [-0.25, -0.2) is 0 Å². The predicted molar refractivity (Wildman–Crippen MR) is 69.4 cm³/mol. The molecular formula is C12H13N5O. The zero-order valence-electron chi connectivity index (χ0n) is 10.1. The summed E-state index contributed by atoms with van der Waals surface area (Å²) in [6.45, 7) is 1.90. The van der Waals surface area contributed by atoms with Crippen molar-refractivity contribution >= 4 is 16.6 Å². The molecule has 1 aromatic carbocycles. The van der Waals surface area contributed by atoms with Gasteiger partial charge in [-0.3, -0.25) is 0 Å². The van der Waals surface area contributed by atoms with Gasteiger partial charge in [0.2, 0.25) is 0 Å². The molecule has 3 rings (SSSR count). The highest BCUT2D eigenvalue weighted by molar-refractivity contribution is 5.90. The maximum atomic E-state index is 5.88. The lowest BCUT2D eigenvalue weighted by Crippen LogP contribution is -1.91. The van der Waals surface area contributed by atoms with Crippen molar-refractivity contribution in [2.24, 2.45) is 0 Å². The first-order valence-electron chi connectivity index (χ1n) is 5.53. The maximum absolute atomic E-state index is 5.88. The fraction of sp³-hybridized carbons (Fsp3) is 0.167. The third-order valence-electron chi connectivity index (χ3n) is 2.95. The molecule has 0 unspecified atom stereocenters. The molecule has 0 atom stereocenters. The summed E-state index contributed by atoms with van der Waals surface area (Å²) in [4.78, 5) is 3.28. The van der Waals surface area contributed by atoms with E-state index in [-0.39, 0.29) is 0 Å². The van der Waals surface area contributed by atoms with Gasteiger partial charge in [0.1, 0.15) is 11.4 Å². The third-order valence-corrected chi connectivity index (χ3v) is 2.95. The van der Waals surface area contributed by atoms with Gasteiger partial charge in [-0.15, -0.1) is 0 Å². The van der Waals surface area contributed by atoms with Crippen molar-refractivity contribution in [3.05, 3.63) is 23.9 Å². The molecule has 0 aliphatic heterocycles. The van der Waals surface area contributed by atoms with Crippen LogP contribution in [-0.2, 0) is 0 Å². The highest BCUT2D eigenvalue weighted by Crippen LogP contribution is 2.30. The van der Waals surface area contributed by atoms with Crippen molar-refractivity contribution in [1.29, 1.82) is 0 Å². The van der Waals surface area contributed by atoms with Crippen LogP contribution in [0.1, 0.15) is 5.69 Å². The number of methoxy groups -OCH3 is 1. The number of nitrogens with one attached hydrogen (secondary N) is 2. The molecule has 2 aromatic heterocycles. The van der Waals surface area contributed by atoms with Crippen LogP contribution in [0.4, 0.5) is 5.69 Å². The Hall–Kier alpha value is -2.50. The van der Waals surface area contributed by atoms with Crippen molar-refractivity contribution in [3.63, 3.8) is 0 Å². The fourth-order valence-electron chi connectivity index (χ4n) is 2.02. The molecule has 0 spiro atoms. The normalized spacial score (nSPS) is 11.0. The lowest BCUT2D eigenvalue weighted by molar-refractivity contribution is 0.417. The molecule has 0 fully saturated rings. The molecule has 0 amide bonds. The summed E-state index contributed by atoms with van der Waals surface area (Å²) in [6, 6.07) is 5.75. The van der Waals surface area contributed by atoms with E-state index in [1.54, 1.807) is 7.11 Å². The summed E-state index contributed by atoms with van der Waals surface area (Å²) in [6.07, 6.45) is 0. The number of rotatable bonds is 2. The van der Waals surface area contributed by atoms with Gasteiger partial charge in [0.25, 0.3) is 0 Å². The van der Waals surface area contributed by atoms with E-state index in [0.29, 0.717) is 11.4 Å². The Kier molecular flexibility index (Phi) is 2.22. The lowest BCUT2D eigenvalue weighted by atomic mass is 10.2. The molecule has 0 radical (unpaired) electrons. The number of fused-ring (bicyclic) bond motifs is 1. The number of benzene rings is 1. The molecular weight excluding hydrogens is 230 g/mol. The minimum Gasteiger partial charge on any atom is -0.495 e. The van der Waals surface area contributed by atoms with E-state index in [2.05, 4.69) is 20.4 Å². The number of ether oxygens (including phenoxy) is 1. The summed E-state index contributed by atoms with van der Waals surface area (Å²) in [5, 5.41) is 11.7. The van der Waals surface area contributed by atoms with Gasteiger partial charge >= 0.3 is 0 Å². The van der Waals surface area contributed by atoms with Gasteiger partial charge in [0.05, 0.1) is 24.2 Å². The van der Waals surface area contributed by atoms with E-state index >= 15 is 0 Å². The van der Waals surface area contributed by atoms with Crippen molar-refractivity contribution < 1.29 is 4.74 Å². The maximum Gasteiger partial charge on any atom is 0.143 e. The summed E-state index contributed by atoms with van der Waals surface area (Å²) in [5.74, 6) is 0.660. The van der Waals surface area contributed by atoms with Crippen molar-refractivity contribution in [3.8, 4) is 17.1 Å². The zero-order valence-corrected chi connectivity index (χ0v) is 10.1. The van der Waals surface area contributed by atoms with E-state index in [9.17, 15) is 0 Å². The second kappa shape index (κ2) is 3.76. The molecule has 0 saturated carbocycles. The quantitative estimate of drug-likeness (QED) is 0.599. The second-order valence-electron chi connectivity index (χ2n) is 4.12. The standard InChI is InChI=1S/C12H13N5O/c1-6-12(16-17-15-6)10-4-7-3-8(13)11(18-2)5-9(7)14-10/h3-5,14H,13H2,1-2H3,(H,15,16,17). The van der Waals surface area contributed by atoms with Crippen LogP contribution in [0, 0.1) is 6.92 Å². The first-order chi connectivity index (χ1) is 8.69. The van der Waals surface area contributed by atoms with E-state index in [1.165, 1.54) is 0 Å². The van der Waals surface area contributed by atoms with Gasteiger partial charge in [-0.05, 0) is 19.1 Å². The number of nitrogen functional groups attached to an aromatic ring is 1. The molecule has 92 valence electrons. The van der Waals surface area contributed by atoms with Crippen LogP contribution in [0.2, 0.25) is 0 Å². The Balaban J connectivity index is 2.20. The molecule has 18 heavy (non-hydrogen) atoms. The number of aromatic amines is 2. The second-order valence-corrected chi connectivity index (χ2v) is 4.12. The van der Waals surface area contributed by atoms with Gasteiger partial charge in [0, 0.05) is 17.0 Å². The number of nitrogens with two attached hydrogens (primary N) is 1. The minimum absolute atomic E-state index is 0.618. The van der Waals surface area contributed by atoms with Crippen molar-refractivity contribution in [2.75, 3.05) is 12.8 Å². The first-order valence-corrected chi connectivity index (χ1v) is 5.53. The summed E-state index contributed by atoms with van der Waals surface area (Å²) >= 11 is 0. The number of aromatic nitrogens is 4. The van der Waals surface area contributed by atoms with Crippen LogP contribution < -0.4 is 10.5 Å². The number of H-pyrrole nitrogens is 2. The third kappa shape index (κ3) is 1.50. The van der Waals surface area contributed by atoms with Crippen molar-refractivity contribution in [2.45, 2.75) is 6.92 Å². The van der Waals surface area contributed by atoms with E-state index in [4.69, 9.17) is 10.5 Å². The van der Waals surface area contributed by atoms with E-state index in [1.807, 2.05) is 25.1 Å². The van der Waals surface area contributed by atoms with Gasteiger partial charge in [0.15, 0.2) is 0 Å². The van der Waals surface area contributed by atoms with Gasteiger partial charge in [-0.2, -0.15) is 15.4 Å². The molecule has 0 aliphatic carbocycles. The van der Waals surface area contributed by atoms with Crippen LogP contribution in [0.3, 0.4) is 0 Å². The highest BCUT2D eigenvalue weighted by Gasteiger charge is 2.11. The SMILES string of the molecule is COc1cc2[nH]c(-c3n[nH]nc3C)cc2cc1N. The van der Waals surface area contributed by atoms with Crippen LogP contribution in [0.5, 0.6) is 5.75 Å². The predicted octanol–water partition coefficient (Wildman–Crippen LogP) is 1.85. The largest absolute Gasteiger partial charge is 0.495 e. The Morgan fingerprint density at radius 1 is 1.22 bits per heavy atom. The summed E-state index contributed by atoms with van der Waals surface area (Å²) in [5.41, 5.74) is 10.0. The molecule has 2 heterocycles. The molecule has 0 saturated heterocycles. The minimum atomic E-state index is 0.618. The summed E-state index contributed by atoms with van der Waals surface area (Å²) < 4.78 is 5.20. The lowest BCUT2D eigenvalue weighted by Gasteiger charge is -2.03. The molecule has 0 bridgehead atoms. The Morgan fingerprint density at radius 2 is 2.06 bits per heavy atom. The van der Waals surface area contributed by atoms with E-state index < -0.39 is 0 Å². The summed E-state index contributed by atoms with van der Waals surface area (Å²) in [7, 11) is 1.60. The average Bonchev–Trinajstić information content (AvgIpc) is 2.93. The van der Waals surface area contributed by atoms with Gasteiger partial charge in [-0.1, -0.05) is 0 Å². The number of hydrogen-bond donors (Lipinski definition) is 3. The molecule has 6 nitrogen and oxygen atoms in total. The zero-order chi connectivity index (χ0) is 12.7. The van der Waals surface area contributed by atoms with Crippen LogP contribution in [0.15, 0.2) is 18.2 Å². The molecule has 6 heteroatoms. The Labute approximate surface area is 103 Å². The first kappa shape index (κ1) is 10.6. The molecule has 0 aliphatic rings. The monoisotopic (exact) mass is 243 g/mol. The number of nitrogens with zero attached hydrogens (tertiary/aromatic N) is 2. The average molecular weight is 243 g/mol. The van der Waals surface area contributed by atoms with Gasteiger partial charge < -0.3 is 15.5 Å². The topological polar surface area (TPSA) is 92.6 Å². The number of anilines is 1. The number of aryl methyl sites for hydroxylation is 1.